The average Bonchev–Trinajstić information content (AvgIpc) is 3.17. The third-order valence-corrected chi connectivity index (χ3v) is 4.26. The third kappa shape index (κ3) is 2.21. The van der Waals surface area contributed by atoms with E-state index < -0.39 is 11.9 Å². The smallest absolute Gasteiger partial charge is 0.308 e. The third-order valence-electron chi connectivity index (χ3n) is 4.26. The summed E-state index contributed by atoms with van der Waals surface area (Å²) < 4.78 is 0. The highest BCUT2D eigenvalue weighted by Gasteiger charge is 2.46. The lowest BCUT2D eigenvalue weighted by atomic mass is 9.92. The number of aromatic nitrogens is 1. The minimum absolute atomic E-state index is 0.148. The first-order valence-electron chi connectivity index (χ1n) is 6.80. The molecule has 0 spiro atoms. The van der Waals surface area contributed by atoms with Crippen molar-refractivity contribution in [2.75, 3.05) is 18.0 Å². The van der Waals surface area contributed by atoms with E-state index in [1.54, 1.807) is 18.3 Å². The lowest BCUT2D eigenvalue weighted by molar-refractivity contribution is -0.142. The number of nitrogens with zero attached hydrogens (tertiary/aromatic N) is 2. The van der Waals surface area contributed by atoms with Gasteiger partial charge in [0.2, 0.25) is 0 Å². The number of carbonyl (C=O) groups is 2. The maximum atomic E-state index is 11.5. The maximum Gasteiger partial charge on any atom is 0.308 e. The number of carbonyl (C=O) groups excluding carboxylic acids is 1. The molecule has 0 radical (unpaired) electrons. The molecular formula is C14H17N3O3. The Balaban J connectivity index is 1.88. The molecule has 2 fully saturated rings. The van der Waals surface area contributed by atoms with E-state index in [-0.39, 0.29) is 11.8 Å². The van der Waals surface area contributed by atoms with Gasteiger partial charge in [0.1, 0.15) is 5.82 Å². The van der Waals surface area contributed by atoms with Crippen molar-refractivity contribution >= 4 is 17.7 Å². The summed E-state index contributed by atoms with van der Waals surface area (Å²) in [4.78, 5) is 29.0. The number of aliphatic carboxylic acids is 1. The first-order valence-corrected chi connectivity index (χ1v) is 6.80. The van der Waals surface area contributed by atoms with Crippen LogP contribution in [0.5, 0.6) is 0 Å². The number of anilines is 1. The zero-order chi connectivity index (χ0) is 14.3. The summed E-state index contributed by atoms with van der Waals surface area (Å²) in [6.45, 7) is 1.03. The number of pyridine rings is 1. The molecule has 1 amide bonds. The van der Waals surface area contributed by atoms with Crippen LogP contribution in [0, 0.1) is 17.8 Å². The molecule has 1 aromatic rings. The second-order valence-electron chi connectivity index (χ2n) is 5.59. The largest absolute Gasteiger partial charge is 0.481 e. The van der Waals surface area contributed by atoms with Gasteiger partial charge in [-0.3, -0.25) is 9.59 Å². The first kappa shape index (κ1) is 12.9. The Labute approximate surface area is 116 Å². The average molecular weight is 275 g/mol. The number of carboxylic acid groups (broad SMARTS) is 1. The monoisotopic (exact) mass is 275 g/mol. The van der Waals surface area contributed by atoms with Gasteiger partial charge in [-0.25, -0.2) is 4.98 Å². The summed E-state index contributed by atoms with van der Waals surface area (Å²) in [6.07, 6.45) is 3.81. The molecule has 3 N–H and O–H groups in total. The van der Waals surface area contributed by atoms with Crippen LogP contribution < -0.4 is 10.6 Å². The highest BCUT2D eigenvalue weighted by molar-refractivity contribution is 5.97. The van der Waals surface area contributed by atoms with Crippen LogP contribution in [-0.4, -0.2) is 35.1 Å². The summed E-state index contributed by atoms with van der Waals surface area (Å²) in [5.41, 5.74) is 5.72. The van der Waals surface area contributed by atoms with Crippen molar-refractivity contribution < 1.29 is 14.7 Å². The van der Waals surface area contributed by atoms with Crippen LogP contribution in [0.25, 0.3) is 0 Å². The highest BCUT2D eigenvalue weighted by Crippen LogP contribution is 2.45. The normalized spacial score (nSPS) is 25.7. The zero-order valence-electron chi connectivity index (χ0n) is 11.0. The van der Waals surface area contributed by atoms with E-state index in [1.165, 1.54) is 0 Å². The molecule has 106 valence electrons. The van der Waals surface area contributed by atoms with E-state index in [1.807, 2.05) is 4.90 Å². The molecule has 2 atom stereocenters. The second kappa shape index (κ2) is 4.77. The van der Waals surface area contributed by atoms with Gasteiger partial charge in [0.15, 0.2) is 0 Å². The minimum Gasteiger partial charge on any atom is -0.481 e. The van der Waals surface area contributed by atoms with Gasteiger partial charge in [0, 0.05) is 19.3 Å². The topological polar surface area (TPSA) is 96.5 Å². The molecule has 0 bridgehead atoms. The SMILES string of the molecule is NC(=O)c1cccnc1N1C[C@H](C(=O)O)[C@@H](C2CC2)C1. The Bertz CT molecular complexity index is 556. The van der Waals surface area contributed by atoms with Crippen LogP contribution in [0.4, 0.5) is 5.82 Å². The van der Waals surface area contributed by atoms with Crippen molar-refractivity contribution in [3.05, 3.63) is 23.9 Å². The van der Waals surface area contributed by atoms with Crippen molar-refractivity contribution in [1.29, 1.82) is 0 Å². The lowest BCUT2D eigenvalue weighted by Crippen LogP contribution is -2.26. The van der Waals surface area contributed by atoms with Gasteiger partial charge in [0.05, 0.1) is 11.5 Å². The van der Waals surface area contributed by atoms with Crippen LogP contribution in [0.2, 0.25) is 0 Å². The second-order valence-corrected chi connectivity index (χ2v) is 5.59. The van der Waals surface area contributed by atoms with Crippen molar-refractivity contribution in [2.45, 2.75) is 12.8 Å². The fourth-order valence-electron chi connectivity index (χ4n) is 3.11. The molecule has 0 aromatic carbocycles. The van der Waals surface area contributed by atoms with Crippen molar-refractivity contribution in [3.8, 4) is 0 Å². The van der Waals surface area contributed by atoms with Gasteiger partial charge >= 0.3 is 5.97 Å². The van der Waals surface area contributed by atoms with E-state index in [0.29, 0.717) is 30.4 Å². The van der Waals surface area contributed by atoms with Gasteiger partial charge < -0.3 is 15.7 Å². The summed E-state index contributed by atoms with van der Waals surface area (Å²) in [6, 6.07) is 3.29. The molecule has 6 heteroatoms. The van der Waals surface area contributed by atoms with Gasteiger partial charge in [-0.1, -0.05) is 0 Å². The van der Waals surface area contributed by atoms with E-state index in [2.05, 4.69) is 4.98 Å². The highest BCUT2D eigenvalue weighted by atomic mass is 16.4. The molecule has 1 aromatic heterocycles. The number of carboxylic acids is 1. The quantitative estimate of drug-likeness (QED) is 0.844. The summed E-state index contributed by atoms with van der Waals surface area (Å²) >= 11 is 0. The molecular weight excluding hydrogens is 258 g/mol. The summed E-state index contributed by atoms with van der Waals surface area (Å²) in [5.74, 6) is -0.521. The molecule has 2 heterocycles. The molecule has 1 aliphatic heterocycles. The number of nitrogens with two attached hydrogens (primary N) is 1. The Kier molecular flexibility index (Phi) is 3.08. The van der Waals surface area contributed by atoms with E-state index >= 15 is 0 Å². The summed E-state index contributed by atoms with van der Waals surface area (Å²) in [5, 5.41) is 9.36. The fourth-order valence-corrected chi connectivity index (χ4v) is 3.11. The van der Waals surface area contributed by atoms with Crippen LogP contribution in [0.15, 0.2) is 18.3 Å². The molecule has 3 rings (SSSR count). The van der Waals surface area contributed by atoms with Crippen LogP contribution >= 0.6 is 0 Å². The molecule has 1 aliphatic carbocycles. The van der Waals surface area contributed by atoms with Crippen LogP contribution in [0.3, 0.4) is 0 Å². The molecule has 6 nitrogen and oxygen atoms in total. The number of primary amides is 1. The summed E-state index contributed by atoms with van der Waals surface area (Å²) in [7, 11) is 0. The maximum absolute atomic E-state index is 11.5. The predicted molar refractivity (Wildman–Crippen MR) is 72.3 cm³/mol. The zero-order valence-corrected chi connectivity index (χ0v) is 11.0. The van der Waals surface area contributed by atoms with Crippen molar-refractivity contribution in [1.82, 2.24) is 4.98 Å². The molecule has 0 unspecified atom stereocenters. The predicted octanol–water partition coefficient (Wildman–Crippen LogP) is 0.727. The van der Waals surface area contributed by atoms with Gasteiger partial charge in [-0.05, 0) is 36.8 Å². The van der Waals surface area contributed by atoms with Crippen molar-refractivity contribution in [2.24, 2.45) is 23.5 Å². The van der Waals surface area contributed by atoms with Crippen molar-refractivity contribution in [3.63, 3.8) is 0 Å². The first-order chi connectivity index (χ1) is 9.58. The standard InChI is InChI=1S/C14H17N3O3/c15-12(18)9-2-1-5-16-13(9)17-6-10(8-3-4-8)11(7-17)14(19)20/h1-2,5,8,10-11H,3-4,6-7H2,(H2,15,18)(H,19,20)/t10-,11+/m1/s1. The van der Waals surface area contributed by atoms with E-state index in [9.17, 15) is 14.7 Å². The van der Waals surface area contributed by atoms with Crippen LogP contribution in [-0.2, 0) is 4.79 Å². The van der Waals surface area contributed by atoms with E-state index in [4.69, 9.17) is 5.73 Å². The minimum atomic E-state index is -0.763. The van der Waals surface area contributed by atoms with Gasteiger partial charge in [-0.2, -0.15) is 0 Å². The Morgan fingerprint density at radius 2 is 2.10 bits per heavy atom. The number of amides is 1. The fraction of sp³-hybridized carbons (Fsp3) is 0.500. The molecule has 1 saturated heterocycles. The number of rotatable bonds is 4. The Morgan fingerprint density at radius 1 is 1.35 bits per heavy atom. The Hall–Kier alpha value is -2.11. The van der Waals surface area contributed by atoms with Gasteiger partial charge in [0.25, 0.3) is 5.91 Å². The van der Waals surface area contributed by atoms with Gasteiger partial charge in [-0.15, -0.1) is 0 Å². The van der Waals surface area contributed by atoms with E-state index in [0.717, 1.165) is 12.8 Å². The molecule has 20 heavy (non-hydrogen) atoms. The van der Waals surface area contributed by atoms with Crippen LogP contribution in [0.1, 0.15) is 23.2 Å². The molecule has 2 aliphatic rings. The number of hydrogen-bond acceptors (Lipinski definition) is 4. The number of hydrogen-bond donors (Lipinski definition) is 2. The Morgan fingerprint density at radius 3 is 2.70 bits per heavy atom. The molecule has 1 saturated carbocycles. The lowest BCUT2D eigenvalue weighted by Gasteiger charge is -2.19.